The summed E-state index contributed by atoms with van der Waals surface area (Å²) in [6.07, 6.45) is 9.17. The summed E-state index contributed by atoms with van der Waals surface area (Å²) >= 11 is 0. The van der Waals surface area contributed by atoms with Crippen LogP contribution in [0.1, 0.15) is 65.7 Å². The Morgan fingerprint density at radius 2 is 1.94 bits per heavy atom. The summed E-state index contributed by atoms with van der Waals surface area (Å²) in [6.45, 7) is 6.10. The van der Waals surface area contributed by atoms with Crippen LogP contribution in [-0.2, 0) is 4.79 Å². The Kier molecular flexibility index (Phi) is 3.42. The normalized spacial score (nSPS) is 33.3. The van der Waals surface area contributed by atoms with E-state index in [0.29, 0.717) is 5.78 Å². The summed E-state index contributed by atoms with van der Waals surface area (Å²) in [7, 11) is 0. The third-order valence-corrected chi connectivity index (χ3v) is 4.70. The van der Waals surface area contributed by atoms with Crippen molar-refractivity contribution in [2.45, 2.75) is 65.7 Å². The number of hydrogen-bond acceptors (Lipinski definition) is 1. The van der Waals surface area contributed by atoms with Crippen molar-refractivity contribution in [1.29, 1.82) is 0 Å². The van der Waals surface area contributed by atoms with Crippen molar-refractivity contribution in [3.8, 4) is 0 Å². The maximum absolute atomic E-state index is 11.8. The van der Waals surface area contributed by atoms with Crippen LogP contribution in [-0.4, -0.2) is 5.78 Å². The molecule has 0 radical (unpaired) electrons. The van der Waals surface area contributed by atoms with Gasteiger partial charge in [0.25, 0.3) is 0 Å². The molecule has 0 N–H and O–H groups in total. The molecule has 2 saturated carbocycles. The molecular formula is C15H26O. The van der Waals surface area contributed by atoms with Crippen molar-refractivity contribution < 1.29 is 4.79 Å². The Hall–Kier alpha value is -0.330. The van der Waals surface area contributed by atoms with Gasteiger partial charge in [-0.2, -0.15) is 0 Å². The van der Waals surface area contributed by atoms with E-state index in [1.165, 1.54) is 32.1 Å². The van der Waals surface area contributed by atoms with Crippen LogP contribution in [0.4, 0.5) is 0 Å². The van der Waals surface area contributed by atoms with Gasteiger partial charge in [0, 0.05) is 11.8 Å². The monoisotopic (exact) mass is 222 g/mol. The number of Topliss-reactive ketones (excluding diaryl/α,β-unsaturated/α-hetero) is 1. The van der Waals surface area contributed by atoms with E-state index in [0.717, 1.165) is 30.6 Å². The van der Waals surface area contributed by atoms with E-state index in [1.807, 2.05) is 20.8 Å². The Morgan fingerprint density at radius 1 is 1.19 bits per heavy atom. The molecule has 2 bridgehead atoms. The summed E-state index contributed by atoms with van der Waals surface area (Å²) in [6, 6.07) is 0. The minimum atomic E-state index is -0.130. The van der Waals surface area contributed by atoms with Gasteiger partial charge < -0.3 is 0 Å². The van der Waals surface area contributed by atoms with E-state index < -0.39 is 0 Å². The molecule has 1 heteroatoms. The molecule has 1 nitrogen and oxygen atoms in total. The van der Waals surface area contributed by atoms with Crippen molar-refractivity contribution in [3.05, 3.63) is 0 Å². The molecule has 2 aliphatic rings. The molecule has 3 atom stereocenters. The van der Waals surface area contributed by atoms with Gasteiger partial charge in [-0.25, -0.2) is 0 Å². The van der Waals surface area contributed by atoms with E-state index in [2.05, 4.69) is 0 Å². The first-order chi connectivity index (χ1) is 7.47. The van der Waals surface area contributed by atoms with Crippen molar-refractivity contribution in [2.24, 2.45) is 23.2 Å². The second kappa shape index (κ2) is 4.50. The lowest BCUT2D eigenvalue weighted by Gasteiger charge is -2.22. The van der Waals surface area contributed by atoms with Gasteiger partial charge in [-0.3, -0.25) is 4.79 Å². The van der Waals surface area contributed by atoms with Crippen LogP contribution in [0.2, 0.25) is 0 Å². The minimum absolute atomic E-state index is 0.130. The molecule has 92 valence electrons. The molecule has 0 spiro atoms. The van der Waals surface area contributed by atoms with Crippen molar-refractivity contribution in [2.75, 3.05) is 0 Å². The number of carbonyl (C=O) groups excluding carboxylic acids is 1. The third kappa shape index (κ3) is 2.67. The topological polar surface area (TPSA) is 17.1 Å². The Morgan fingerprint density at radius 3 is 2.44 bits per heavy atom. The molecule has 0 aliphatic heterocycles. The van der Waals surface area contributed by atoms with Crippen LogP contribution in [0.5, 0.6) is 0 Å². The molecular weight excluding hydrogens is 196 g/mol. The van der Waals surface area contributed by atoms with E-state index in [4.69, 9.17) is 0 Å². The Bertz CT molecular complexity index is 261. The van der Waals surface area contributed by atoms with E-state index in [-0.39, 0.29) is 5.41 Å². The minimum Gasteiger partial charge on any atom is -0.299 e. The summed E-state index contributed by atoms with van der Waals surface area (Å²) < 4.78 is 0. The van der Waals surface area contributed by atoms with Gasteiger partial charge in [0.1, 0.15) is 5.78 Å². The van der Waals surface area contributed by atoms with Gasteiger partial charge >= 0.3 is 0 Å². The lowest BCUT2D eigenvalue weighted by Crippen LogP contribution is -2.20. The number of carbonyl (C=O) groups is 1. The largest absolute Gasteiger partial charge is 0.299 e. The maximum Gasteiger partial charge on any atom is 0.138 e. The fraction of sp³-hybridized carbons (Fsp3) is 0.933. The smallest absolute Gasteiger partial charge is 0.138 e. The zero-order valence-electron chi connectivity index (χ0n) is 11.1. The number of rotatable bonds is 4. The summed E-state index contributed by atoms with van der Waals surface area (Å²) in [5, 5.41) is 0. The molecule has 16 heavy (non-hydrogen) atoms. The molecule has 0 aromatic rings. The van der Waals surface area contributed by atoms with Gasteiger partial charge in [0.05, 0.1) is 0 Å². The highest BCUT2D eigenvalue weighted by Crippen LogP contribution is 2.50. The molecule has 0 aromatic carbocycles. The highest BCUT2D eigenvalue weighted by Gasteiger charge is 2.38. The zero-order chi connectivity index (χ0) is 11.8. The van der Waals surface area contributed by atoms with Crippen LogP contribution in [0.3, 0.4) is 0 Å². The standard InChI is InChI=1S/C15H26O/c1-15(2,3)14(16)6-4-5-12-9-11-7-8-13(12)10-11/h11-13H,4-10H2,1-3H3. The lowest BCUT2D eigenvalue weighted by atomic mass is 9.83. The number of fused-ring (bicyclic) bond motifs is 2. The van der Waals surface area contributed by atoms with E-state index in [1.54, 1.807) is 0 Å². The lowest BCUT2D eigenvalue weighted by molar-refractivity contribution is -0.126. The SMILES string of the molecule is CC(C)(C)C(=O)CCCC1CC2CCC1C2. The summed E-state index contributed by atoms with van der Waals surface area (Å²) in [5.41, 5.74) is -0.130. The molecule has 0 saturated heterocycles. The highest BCUT2D eigenvalue weighted by molar-refractivity contribution is 5.83. The molecule has 0 amide bonds. The van der Waals surface area contributed by atoms with Gasteiger partial charge in [-0.1, -0.05) is 27.2 Å². The van der Waals surface area contributed by atoms with Crippen molar-refractivity contribution in [1.82, 2.24) is 0 Å². The van der Waals surface area contributed by atoms with E-state index >= 15 is 0 Å². The first kappa shape index (κ1) is 12.1. The molecule has 2 fully saturated rings. The average Bonchev–Trinajstić information content (AvgIpc) is 2.77. The predicted octanol–water partition coefficient (Wildman–Crippen LogP) is 4.21. The zero-order valence-corrected chi connectivity index (χ0v) is 11.1. The van der Waals surface area contributed by atoms with Gasteiger partial charge in [-0.05, 0) is 49.9 Å². The first-order valence-corrected chi connectivity index (χ1v) is 7.00. The van der Waals surface area contributed by atoms with Gasteiger partial charge in [-0.15, -0.1) is 0 Å². The van der Waals surface area contributed by atoms with Gasteiger partial charge in [0.2, 0.25) is 0 Å². The van der Waals surface area contributed by atoms with Gasteiger partial charge in [0.15, 0.2) is 0 Å². The quantitative estimate of drug-likeness (QED) is 0.696. The molecule has 2 aliphatic carbocycles. The van der Waals surface area contributed by atoms with Crippen molar-refractivity contribution >= 4 is 5.78 Å². The third-order valence-electron chi connectivity index (χ3n) is 4.70. The fourth-order valence-electron chi connectivity index (χ4n) is 3.63. The number of ketones is 1. The first-order valence-electron chi connectivity index (χ1n) is 7.00. The highest BCUT2D eigenvalue weighted by atomic mass is 16.1. The average molecular weight is 222 g/mol. The fourth-order valence-corrected chi connectivity index (χ4v) is 3.63. The van der Waals surface area contributed by atoms with Crippen LogP contribution in [0.15, 0.2) is 0 Å². The summed E-state index contributed by atoms with van der Waals surface area (Å²) in [4.78, 5) is 11.8. The second-order valence-corrected chi connectivity index (χ2v) is 7.00. The Balaban J connectivity index is 1.67. The predicted molar refractivity (Wildman–Crippen MR) is 67.3 cm³/mol. The number of hydrogen-bond donors (Lipinski definition) is 0. The summed E-state index contributed by atoms with van der Waals surface area (Å²) in [5.74, 6) is 3.48. The van der Waals surface area contributed by atoms with E-state index in [9.17, 15) is 4.79 Å². The van der Waals surface area contributed by atoms with Crippen molar-refractivity contribution in [3.63, 3.8) is 0 Å². The van der Waals surface area contributed by atoms with Crippen LogP contribution < -0.4 is 0 Å². The maximum atomic E-state index is 11.8. The van der Waals surface area contributed by atoms with Crippen LogP contribution in [0, 0.1) is 23.2 Å². The molecule has 3 unspecified atom stereocenters. The van der Waals surface area contributed by atoms with Crippen LogP contribution in [0.25, 0.3) is 0 Å². The molecule has 0 heterocycles. The molecule has 0 aromatic heterocycles. The molecule has 2 rings (SSSR count). The van der Waals surface area contributed by atoms with Crippen LogP contribution >= 0.6 is 0 Å². The second-order valence-electron chi connectivity index (χ2n) is 7.00. The Labute approximate surface area is 100.0 Å².